The molecule has 1 aliphatic rings. The zero-order valence-corrected chi connectivity index (χ0v) is 9.35. The quantitative estimate of drug-likeness (QED) is 0.614. The fourth-order valence-electron chi connectivity index (χ4n) is 1.71. The highest BCUT2D eigenvalue weighted by Crippen LogP contribution is 2.17. The van der Waals surface area contributed by atoms with Crippen molar-refractivity contribution in [3.63, 3.8) is 0 Å². The molecule has 1 heterocycles. The van der Waals surface area contributed by atoms with Crippen LogP contribution in [0, 0.1) is 0 Å². The molecule has 0 aromatic carbocycles. The summed E-state index contributed by atoms with van der Waals surface area (Å²) in [4.78, 5) is 23.6. The number of methoxy groups -OCH3 is 1. The Labute approximate surface area is 94.1 Å². The van der Waals surface area contributed by atoms with E-state index in [0.717, 1.165) is 0 Å². The molecular formula is C10H17NO5. The van der Waals surface area contributed by atoms with E-state index in [-0.39, 0.29) is 13.0 Å². The van der Waals surface area contributed by atoms with Crippen LogP contribution in [-0.2, 0) is 19.1 Å². The van der Waals surface area contributed by atoms with Crippen molar-refractivity contribution in [2.45, 2.75) is 12.0 Å². The van der Waals surface area contributed by atoms with Gasteiger partial charge in [-0.1, -0.05) is 0 Å². The summed E-state index contributed by atoms with van der Waals surface area (Å²) in [7, 11) is 1.32. The Morgan fingerprint density at radius 2 is 2.19 bits per heavy atom. The number of carboxylic acid groups (broad SMARTS) is 1. The van der Waals surface area contributed by atoms with Crippen LogP contribution >= 0.6 is 0 Å². The number of carboxylic acids is 1. The number of aliphatic carboxylic acids is 1. The first kappa shape index (κ1) is 13.1. The highest BCUT2D eigenvalue weighted by Gasteiger charge is 2.40. The van der Waals surface area contributed by atoms with Crippen molar-refractivity contribution in [3.8, 4) is 0 Å². The average molecular weight is 231 g/mol. The third kappa shape index (κ3) is 3.01. The van der Waals surface area contributed by atoms with Crippen LogP contribution in [0.15, 0.2) is 0 Å². The normalized spacial score (nSPS) is 21.3. The molecule has 0 saturated carbocycles. The maximum atomic E-state index is 11.2. The zero-order valence-electron chi connectivity index (χ0n) is 9.35. The standard InChI is InChI=1S/C10H17NO5/c1-15-10(2-5-12,9(13)14)8-11-3-6-16-7-4-11/h5H,2-4,6-8H2,1H3,(H,13,14). The van der Waals surface area contributed by atoms with Crippen molar-refractivity contribution in [3.05, 3.63) is 0 Å². The Balaban J connectivity index is 2.67. The molecule has 0 radical (unpaired) electrons. The molecule has 1 atom stereocenters. The van der Waals surface area contributed by atoms with Crippen LogP contribution in [0.4, 0.5) is 0 Å². The SMILES string of the molecule is COC(CC=O)(CN1CCOCC1)C(=O)O. The van der Waals surface area contributed by atoms with Crippen LogP contribution in [0.2, 0.25) is 0 Å². The monoisotopic (exact) mass is 231 g/mol. The summed E-state index contributed by atoms with van der Waals surface area (Å²) in [6.07, 6.45) is 0.439. The largest absolute Gasteiger partial charge is 0.479 e. The van der Waals surface area contributed by atoms with Crippen LogP contribution in [0.25, 0.3) is 0 Å². The van der Waals surface area contributed by atoms with Crippen LogP contribution in [0.3, 0.4) is 0 Å². The van der Waals surface area contributed by atoms with E-state index < -0.39 is 11.6 Å². The fourth-order valence-corrected chi connectivity index (χ4v) is 1.71. The first-order valence-electron chi connectivity index (χ1n) is 5.17. The lowest BCUT2D eigenvalue weighted by molar-refractivity contribution is -0.167. The van der Waals surface area contributed by atoms with Gasteiger partial charge in [0.05, 0.1) is 13.2 Å². The summed E-state index contributed by atoms with van der Waals surface area (Å²) < 4.78 is 10.2. The molecule has 0 amide bonds. The van der Waals surface area contributed by atoms with E-state index in [0.29, 0.717) is 32.6 Å². The third-order valence-electron chi connectivity index (χ3n) is 2.78. The molecule has 0 aliphatic carbocycles. The Morgan fingerprint density at radius 1 is 1.56 bits per heavy atom. The first-order valence-corrected chi connectivity index (χ1v) is 5.17. The number of rotatable bonds is 6. The maximum Gasteiger partial charge on any atom is 0.337 e. The van der Waals surface area contributed by atoms with Gasteiger partial charge in [-0.25, -0.2) is 4.79 Å². The van der Waals surface area contributed by atoms with Crippen molar-refractivity contribution in [1.29, 1.82) is 0 Å². The van der Waals surface area contributed by atoms with Gasteiger partial charge in [0.25, 0.3) is 0 Å². The summed E-state index contributed by atoms with van der Waals surface area (Å²) in [6, 6.07) is 0. The minimum atomic E-state index is -1.43. The molecule has 6 nitrogen and oxygen atoms in total. The number of hydrogen-bond acceptors (Lipinski definition) is 5. The van der Waals surface area contributed by atoms with Gasteiger partial charge in [0.2, 0.25) is 0 Å². The van der Waals surface area contributed by atoms with Gasteiger partial charge in [0.15, 0.2) is 5.60 Å². The zero-order chi connectivity index (χ0) is 12.0. The second-order valence-electron chi connectivity index (χ2n) is 3.76. The van der Waals surface area contributed by atoms with E-state index in [1.807, 2.05) is 4.90 Å². The molecule has 0 aromatic rings. The van der Waals surface area contributed by atoms with E-state index in [1.165, 1.54) is 7.11 Å². The van der Waals surface area contributed by atoms with Gasteiger partial charge in [-0.3, -0.25) is 4.90 Å². The second kappa shape index (κ2) is 5.93. The minimum Gasteiger partial charge on any atom is -0.479 e. The number of nitrogens with zero attached hydrogens (tertiary/aromatic N) is 1. The van der Waals surface area contributed by atoms with Crippen LogP contribution in [0.5, 0.6) is 0 Å². The first-order chi connectivity index (χ1) is 7.64. The molecule has 1 fully saturated rings. The Bertz CT molecular complexity index is 252. The number of carbonyl (C=O) groups is 2. The molecule has 1 N–H and O–H groups in total. The molecule has 0 bridgehead atoms. The summed E-state index contributed by atoms with van der Waals surface area (Å²) in [5.41, 5.74) is -1.43. The van der Waals surface area contributed by atoms with Gasteiger partial charge in [0.1, 0.15) is 6.29 Å². The molecule has 92 valence electrons. The van der Waals surface area contributed by atoms with Gasteiger partial charge in [0, 0.05) is 33.2 Å². The molecular weight excluding hydrogens is 214 g/mol. The predicted molar refractivity (Wildman–Crippen MR) is 55.3 cm³/mol. The lowest BCUT2D eigenvalue weighted by atomic mass is 9.99. The van der Waals surface area contributed by atoms with E-state index in [2.05, 4.69) is 0 Å². The van der Waals surface area contributed by atoms with Crippen molar-refractivity contribution in [2.75, 3.05) is 40.0 Å². The second-order valence-corrected chi connectivity index (χ2v) is 3.76. The molecule has 16 heavy (non-hydrogen) atoms. The predicted octanol–water partition coefficient (Wildman–Crippen LogP) is -0.623. The third-order valence-corrected chi connectivity index (χ3v) is 2.78. The van der Waals surface area contributed by atoms with Crippen molar-refractivity contribution < 1.29 is 24.2 Å². The number of carbonyl (C=O) groups excluding carboxylic acids is 1. The van der Waals surface area contributed by atoms with Crippen LogP contribution < -0.4 is 0 Å². The lowest BCUT2D eigenvalue weighted by Gasteiger charge is -2.34. The van der Waals surface area contributed by atoms with Crippen molar-refractivity contribution in [1.82, 2.24) is 4.90 Å². The molecule has 1 aliphatic heterocycles. The highest BCUT2D eigenvalue weighted by molar-refractivity contribution is 5.81. The number of hydrogen-bond donors (Lipinski definition) is 1. The van der Waals surface area contributed by atoms with Crippen molar-refractivity contribution >= 4 is 12.3 Å². The van der Waals surface area contributed by atoms with Crippen molar-refractivity contribution in [2.24, 2.45) is 0 Å². The summed E-state index contributed by atoms with van der Waals surface area (Å²) in [5, 5.41) is 9.14. The van der Waals surface area contributed by atoms with E-state index in [1.54, 1.807) is 0 Å². The van der Waals surface area contributed by atoms with E-state index in [9.17, 15) is 9.59 Å². The summed E-state index contributed by atoms with van der Waals surface area (Å²) in [6.45, 7) is 2.70. The van der Waals surface area contributed by atoms with Gasteiger partial charge >= 0.3 is 5.97 Å². The topological polar surface area (TPSA) is 76.1 Å². The molecule has 6 heteroatoms. The van der Waals surface area contributed by atoms with E-state index >= 15 is 0 Å². The van der Waals surface area contributed by atoms with Gasteiger partial charge in [-0.15, -0.1) is 0 Å². The number of aldehydes is 1. The summed E-state index contributed by atoms with van der Waals surface area (Å²) in [5.74, 6) is -1.10. The molecule has 1 saturated heterocycles. The molecule has 0 spiro atoms. The fraction of sp³-hybridized carbons (Fsp3) is 0.800. The molecule has 1 unspecified atom stereocenters. The van der Waals surface area contributed by atoms with Gasteiger partial charge in [-0.2, -0.15) is 0 Å². The summed E-state index contributed by atoms with van der Waals surface area (Å²) >= 11 is 0. The minimum absolute atomic E-state index is 0.143. The van der Waals surface area contributed by atoms with Gasteiger partial charge < -0.3 is 19.4 Å². The van der Waals surface area contributed by atoms with E-state index in [4.69, 9.17) is 14.6 Å². The highest BCUT2D eigenvalue weighted by atomic mass is 16.5. The molecule has 0 aromatic heterocycles. The number of morpholine rings is 1. The Hall–Kier alpha value is -0.980. The van der Waals surface area contributed by atoms with Crippen LogP contribution in [-0.4, -0.2) is 67.8 Å². The Morgan fingerprint density at radius 3 is 2.62 bits per heavy atom. The maximum absolute atomic E-state index is 11.2. The Kier molecular flexibility index (Phi) is 4.85. The van der Waals surface area contributed by atoms with Gasteiger partial charge in [-0.05, 0) is 0 Å². The molecule has 1 rings (SSSR count). The number of ether oxygens (including phenoxy) is 2. The lowest BCUT2D eigenvalue weighted by Crippen LogP contribution is -2.53. The average Bonchev–Trinajstić information content (AvgIpc) is 2.29. The van der Waals surface area contributed by atoms with Crippen LogP contribution in [0.1, 0.15) is 6.42 Å². The smallest absolute Gasteiger partial charge is 0.337 e.